The molecule has 2 N–H and O–H groups in total. The van der Waals surface area contributed by atoms with Gasteiger partial charge in [0.05, 0.1) is 0 Å². The van der Waals surface area contributed by atoms with Crippen LogP contribution in [0.4, 0.5) is 5.69 Å². The lowest BCUT2D eigenvalue weighted by Gasteiger charge is -2.29. The minimum atomic E-state index is -0.139. The molecule has 0 aromatic carbocycles. The van der Waals surface area contributed by atoms with E-state index in [4.69, 9.17) is 0 Å². The molecule has 1 fully saturated rings. The van der Waals surface area contributed by atoms with Crippen LogP contribution in [0, 0.1) is 5.92 Å². The van der Waals surface area contributed by atoms with Crippen LogP contribution in [0.3, 0.4) is 0 Å². The molecule has 1 amide bonds. The summed E-state index contributed by atoms with van der Waals surface area (Å²) in [7, 11) is 1.62. The van der Waals surface area contributed by atoms with Crippen molar-refractivity contribution in [1.29, 1.82) is 0 Å². The molecule has 0 aliphatic heterocycles. The zero-order chi connectivity index (χ0) is 14.4. The van der Waals surface area contributed by atoms with E-state index in [0.29, 0.717) is 11.7 Å². The molecule has 0 unspecified atom stereocenters. The van der Waals surface area contributed by atoms with Gasteiger partial charge in [-0.2, -0.15) is 0 Å². The van der Waals surface area contributed by atoms with E-state index in [1.807, 2.05) is 12.1 Å². The third-order valence-corrected chi connectivity index (χ3v) is 4.13. The summed E-state index contributed by atoms with van der Waals surface area (Å²) in [6.07, 6.45) is 9.43. The van der Waals surface area contributed by atoms with Crippen molar-refractivity contribution in [2.24, 2.45) is 5.92 Å². The minimum Gasteiger partial charge on any atom is -0.382 e. The van der Waals surface area contributed by atoms with Gasteiger partial charge in [-0.3, -0.25) is 9.78 Å². The first-order valence-corrected chi connectivity index (χ1v) is 7.67. The monoisotopic (exact) mass is 275 g/mol. The van der Waals surface area contributed by atoms with E-state index in [-0.39, 0.29) is 5.91 Å². The number of nitrogens with one attached hydrogen (secondary N) is 2. The molecule has 1 aromatic rings. The number of carbonyl (C=O) groups is 1. The van der Waals surface area contributed by atoms with Gasteiger partial charge in [-0.05, 0) is 43.7 Å². The quantitative estimate of drug-likeness (QED) is 0.867. The van der Waals surface area contributed by atoms with Crippen molar-refractivity contribution in [2.75, 3.05) is 12.4 Å². The molecule has 2 rings (SSSR count). The second-order valence-corrected chi connectivity index (χ2v) is 5.66. The van der Waals surface area contributed by atoms with E-state index < -0.39 is 0 Å². The minimum absolute atomic E-state index is 0.139. The second kappa shape index (κ2) is 7.27. The molecule has 110 valence electrons. The molecular weight excluding hydrogens is 250 g/mol. The van der Waals surface area contributed by atoms with Gasteiger partial charge in [0.1, 0.15) is 5.69 Å². The number of hydrogen-bond acceptors (Lipinski definition) is 3. The standard InChI is InChI=1S/C16H25N3O/c1-3-4-12-5-7-13(8-6-12)19-14-9-10-18-15(11-14)16(20)17-2/h9-13H,3-8H2,1-2H3,(H,17,20)(H,18,19). The highest BCUT2D eigenvalue weighted by atomic mass is 16.1. The smallest absolute Gasteiger partial charge is 0.269 e. The molecule has 1 aliphatic carbocycles. The van der Waals surface area contributed by atoms with E-state index in [1.165, 1.54) is 38.5 Å². The summed E-state index contributed by atoms with van der Waals surface area (Å²) >= 11 is 0. The highest BCUT2D eigenvalue weighted by Gasteiger charge is 2.20. The lowest BCUT2D eigenvalue weighted by atomic mass is 9.83. The van der Waals surface area contributed by atoms with Crippen LogP contribution in [0.25, 0.3) is 0 Å². The van der Waals surface area contributed by atoms with Crippen molar-refractivity contribution >= 4 is 11.6 Å². The summed E-state index contributed by atoms with van der Waals surface area (Å²) in [5.41, 5.74) is 1.47. The number of aromatic nitrogens is 1. The van der Waals surface area contributed by atoms with Gasteiger partial charge >= 0.3 is 0 Å². The highest BCUT2D eigenvalue weighted by Crippen LogP contribution is 2.29. The van der Waals surface area contributed by atoms with Crippen LogP contribution >= 0.6 is 0 Å². The van der Waals surface area contributed by atoms with Gasteiger partial charge in [-0.25, -0.2) is 0 Å². The predicted molar refractivity (Wildman–Crippen MR) is 81.9 cm³/mol. The van der Waals surface area contributed by atoms with Gasteiger partial charge in [0, 0.05) is 25.0 Å². The summed E-state index contributed by atoms with van der Waals surface area (Å²) in [4.78, 5) is 15.7. The summed E-state index contributed by atoms with van der Waals surface area (Å²) in [6, 6.07) is 4.30. The number of hydrogen-bond donors (Lipinski definition) is 2. The number of amides is 1. The number of nitrogens with zero attached hydrogens (tertiary/aromatic N) is 1. The van der Waals surface area contributed by atoms with Crippen molar-refractivity contribution in [3.05, 3.63) is 24.0 Å². The lowest BCUT2D eigenvalue weighted by molar-refractivity contribution is 0.0958. The van der Waals surface area contributed by atoms with Crippen LogP contribution in [0.1, 0.15) is 55.9 Å². The fraction of sp³-hybridized carbons (Fsp3) is 0.625. The van der Waals surface area contributed by atoms with Crippen LogP contribution < -0.4 is 10.6 Å². The first kappa shape index (κ1) is 14.8. The third-order valence-electron chi connectivity index (χ3n) is 4.13. The summed E-state index contributed by atoms with van der Waals surface area (Å²) < 4.78 is 0. The van der Waals surface area contributed by atoms with Gasteiger partial charge < -0.3 is 10.6 Å². The Morgan fingerprint density at radius 3 is 2.75 bits per heavy atom. The fourth-order valence-electron chi connectivity index (χ4n) is 3.01. The molecule has 4 heteroatoms. The molecule has 0 spiro atoms. The zero-order valence-corrected chi connectivity index (χ0v) is 12.5. The van der Waals surface area contributed by atoms with Gasteiger partial charge in [-0.15, -0.1) is 0 Å². The number of pyridine rings is 1. The maximum atomic E-state index is 11.6. The van der Waals surface area contributed by atoms with Crippen molar-refractivity contribution < 1.29 is 4.79 Å². The van der Waals surface area contributed by atoms with E-state index in [2.05, 4.69) is 22.5 Å². The Labute approximate surface area is 121 Å². The molecule has 0 bridgehead atoms. The third kappa shape index (κ3) is 3.95. The van der Waals surface area contributed by atoms with E-state index >= 15 is 0 Å². The molecule has 1 aliphatic rings. The molecule has 1 aromatic heterocycles. The number of carbonyl (C=O) groups excluding carboxylic acids is 1. The van der Waals surface area contributed by atoms with Gasteiger partial charge in [0.15, 0.2) is 0 Å². The number of rotatable bonds is 5. The van der Waals surface area contributed by atoms with Crippen LogP contribution in [0.5, 0.6) is 0 Å². The number of anilines is 1. The molecular formula is C16H25N3O. The predicted octanol–water partition coefficient (Wildman–Crippen LogP) is 3.21. The van der Waals surface area contributed by atoms with E-state index in [0.717, 1.165) is 11.6 Å². The molecule has 0 atom stereocenters. The van der Waals surface area contributed by atoms with Crippen molar-refractivity contribution in [2.45, 2.75) is 51.5 Å². The average Bonchev–Trinajstić information content (AvgIpc) is 2.49. The normalized spacial score (nSPS) is 22.3. The van der Waals surface area contributed by atoms with Gasteiger partial charge in [-0.1, -0.05) is 19.8 Å². The second-order valence-electron chi connectivity index (χ2n) is 5.66. The summed E-state index contributed by atoms with van der Waals surface area (Å²) in [5, 5.41) is 6.15. The van der Waals surface area contributed by atoms with Crippen molar-refractivity contribution in [1.82, 2.24) is 10.3 Å². The zero-order valence-electron chi connectivity index (χ0n) is 12.5. The lowest BCUT2D eigenvalue weighted by Crippen LogP contribution is -2.26. The molecule has 0 saturated heterocycles. The van der Waals surface area contributed by atoms with E-state index in [1.54, 1.807) is 13.2 Å². The van der Waals surface area contributed by atoms with Crippen LogP contribution in [-0.4, -0.2) is 24.0 Å². The Bertz CT molecular complexity index is 439. The van der Waals surface area contributed by atoms with Crippen LogP contribution in [0.2, 0.25) is 0 Å². The molecule has 4 nitrogen and oxygen atoms in total. The van der Waals surface area contributed by atoms with Gasteiger partial charge in [0.25, 0.3) is 5.91 Å². The molecule has 20 heavy (non-hydrogen) atoms. The van der Waals surface area contributed by atoms with Crippen molar-refractivity contribution in [3.63, 3.8) is 0 Å². The Morgan fingerprint density at radius 2 is 2.10 bits per heavy atom. The molecule has 0 radical (unpaired) electrons. The Kier molecular flexibility index (Phi) is 5.39. The fourth-order valence-corrected chi connectivity index (χ4v) is 3.01. The molecule has 1 heterocycles. The molecule has 1 saturated carbocycles. The maximum Gasteiger partial charge on any atom is 0.269 e. The van der Waals surface area contributed by atoms with Crippen molar-refractivity contribution in [3.8, 4) is 0 Å². The summed E-state index contributed by atoms with van der Waals surface area (Å²) in [5.74, 6) is 0.775. The Balaban J connectivity index is 1.89. The SMILES string of the molecule is CCCC1CCC(Nc2ccnc(C(=O)NC)c2)CC1. The Morgan fingerprint density at radius 1 is 1.35 bits per heavy atom. The van der Waals surface area contributed by atoms with Crippen LogP contribution in [0.15, 0.2) is 18.3 Å². The highest BCUT2D eigenvalue weighted by molar-refractivity contribution is 5.92. The van der Waals surface area contributed by atoms with E-state index in [9.17, 15) is 4.79 Å². The first-order valence-electron chi connectivity index (χ1n) is 7.67. The van der Waals surface area contributed by atoms with Gasteiger partial charge in [0.2, 0.25) is 0 Å². The first-order chi connectivity index (χ1) is 9.72. The largest absolute Gasteiger partial charge is 0.382 e. The Hall–Kier alpha value is -1.58. The van der Waals surface area contributed by atoms with Crippen LogP contribution in [-0.2, 0) is 0 Å². The topological polar surface area (TPSA) is 54.0 Å². The average molecular weight is 275 g/mol. The summed E-state index contributed by atoms with van der Waals surface area (Å²) in [6.45, 7) is 2.27. The maximum absolute atomic E-state index is 11.6.